The Labute approximate surface area is 65.3 Å². The monoisotopic (exact) mass is 181 g/mol. The third-order valence-corrected chi connectivity index (χ3v) is 2.41. The topological polar surface area (TPSA) is 97.5 Å². The van der Waals surface area contributed by atoms with Gasteiger partial charge in [0, 0.05) is 0 Å². The first kappa shape index (κ1) is 10.4. The predicted octanol–water partition coefficient (Wildman–Crippen LogP) is -0.472. The molecule has 0 fully saturated rings. The minimum Gasteiger partial charge on any atom is -0.368 e. The molecule has 5 nitrogen and oxygen atoms in total. The molecule has 0 aromatic rings. The zero-order chi connectivity index (χ0) is 9.07. The van der Waals surface area contributed by atoms with Crippen molar-refractivity contribution in [2.75, 3.05) is 0 Å². The van der Waals surface area contributed by atoms with Crippen LogP contribution in [0.15, 0.2) is 0 Å². The van der Waals surface area contributed by atoms with Crippen molar-refractivity contribution in [2.45, 2.75) is 25.0 Å². The molecule has 66 valence electrons. The van der Waals surface area contributed by atoms with E-state index in [0.29, 0.717) is 6.42 Å². The fourth-order valence-electron chi connectivity index (χ4n) is 0.700. The fraction of sp³-hybridized carbons (Fsp3) is 0.800. The molecule has 0 aromatic carbocycles. The van der Waals surface area contributed by atoms with E-state index in [1.54, 1.807) is 6.92 Å². The maximum absolute atomic E-state index is 10.4. The van der Waals surface area contributed by atoms with Crippen molar-refractivity contribution in [3.63, 3.8) is 0 Å². The molecule has 11 heavy (non-hydrogen) atoms. The Morgan fingerprint density at radius 1 is 1.64 bits per heavy atom. The van der Waals surface area contributed by atoms with E-state index in [-0.39, 0.29) is 6.42 Å². The summed E-state index contributed by atoms with van der Waals surface area (Å²) < 4.78 is 29.3. The van der Waals surface area contributed by atoms with Crippen LogP contribution in [0.25, 0.3) is 0 Å². The van der Waals surface area contributed by atoms with Crippen molar-refractivity contribution < 1.29 is 17.8 Å². The highest BCUT2D eigenvalue weighted by Crippen LogP contribution is 2.05. The van der Waals surface area contributed by atoms with Crippen molar-refractivity contribution in [3.8, 4) is 0 Å². The van der Waals surface area contributed by atoms with Gasteiger partial charge in [0.25, 0.3) is 10.1 Å². The largest absolute Gasteiger partial charge is 0.368 e. The third kappa shape index (κ3) is 3.33. The highest BCUT2D eigenvalue weighted by atomic mass is 32.2. The molecule has 0 aliphatic heterocycles. The summed E-state index contributed by atoms with van der Waals surface area (Å²) in [5, 5.41) is -1.45. The van der Waals surface area contributed by atoms with E-state index in [9.17, 15) is 13.2 Å². The molecule has 0 aliphatic rings. The van der Waals surface area contributed by atoms with Crippen LogP contribution in [0.1, 0.15) is 19.8 Å². The standard InChI is InChI=1S/C5H11NO4S/c1-2-3-4(5(6)7)11(8,9)10/h4H,2-3H2,1H3,(H2,6,7)(H,8,9,10). The zero-order valence-corrected chi connectivity index (χ0v) is 6.97. The molecule has 0 heterocycles. The number of rotatable bonds is 4. The van der Waals surface area contributed by atoms with E-state index >= 15 is 0 Å². The lowest BCUT2D eigenvalue weighted by atomic mass is 10.2. The van der Waals surface area contributed by atoms with Crippen molar-refractivity contribution in [1.82, 2.24) is 0 Å². The average Bonchev–Trinajstić information content (AvgIpc) is 1.79. The number of hydrogen-bond donors (Lipinski definition) is 2. The molecule has 0 aliphatic carbocycles. The van der Waals surface area contributed by atoms with Crippen LogP contribution in [-0.4, -0.2) is 24.1 Å². The molecule has 1 amide bonds. The lowest BCUT2D eigenvalue weighted by Gasteiger charge is -2.06. The third-order valence-electron chi connectivity index (χ3n) is 1.23. The fourth-order valence-corrected chi connectivity index (χ4v) is 1.53. The molecule has 1 atom stereocenters. The van der Waals surface area contributed by atoms with Gasteiger partial charge in [0.2, 0.25) is 5.91 Å². The van der Waals surface area contributed by atoms with Gasteiger partial charge in [0.1, 0.15) is 0 Å². The minimum absolute atomic E-state index is 0.0637. The highest BCUT2D eigenvalue weighted by Gasteiger charge is 2.27. The number of nitrogens with two attached hydrogens (primary N) is 1. The van der Waals surface area contributed by atoms with Gasteiger partial charge in [-0.3, -0.25) is 9.35 Å². The second kappa shape index (κ2) is 3.68. The first-order valence-electron chi connectivity index (χ1n) is 3.15. The summed E-state index contributed by atoms with van der Waals surface area (Å²) in [5.74, 6) is -1.01. The van der Waals surface area contributed by atoms with Gasteiger partial charge >= 0.3 is 0 Å². The first-order chi connectivity index (χ1) is 4.89. The summed E-state index contributed by atoms with van der Waals surface area (Å²) in [6.45, 7) is 1.70. The van der Waals surface area contributed by atoms with Crippen LogP contribution in [0.3, 0.4) is 0 Å². The summed E-state index contributed by atoms with van der Waals surface area (Å²) >= 11 is 0. The number of amides is 1. The summed E-state index contributed by atoms with van der Waals surface area (Å²) in [4.78, 5) is 10.4. The van der Waals surface area contributed by atoms with Gasteiger partial charge in [0.15, 0.2) is 5.25 Å². The lowest BCUT2D eigenvalue weighted by molar-refractivity contribution is -0.117. The van der Waals surface area contributed by atoms with Gasteiger partial charge in [-0.25, -0.2) is 0 Å². The summed E-state index contributed by atoms with van der Waals surface area (Å²) in [5.41, 5.74) is 4.73. The molecular weight excluding hydrogens is 170 g/mol. The highest BCUT2D eigenvalue weighted by molar-refractivity contribution is 7.87. The Morgan fingerprint density at radius 3 is 2.18 bits per heavy atom. The van der Waals surface area contributed by atoms with E-state index in [0.717, 1.165) is 0 Å². The van der Waals surface area contributed by atoms with E-state index in [1.807, 2.05) is 0 Å². The van der Waals surface area contributed by atoms with E-state index in [2.05, 4.69) is 0 Å². The molecule has 0 rings (SSSR count). The minimum atomic E-state index is -4.30. The Balaban J connectivity index is 4.49. The van der Waals surface area contributed by atoms with Crippen LogP contribution in [0, 0.1) is 0 Å². The number of primary amides is 1. The number of carbonyl (C=O) groups is 1. The zero-order valence-electron chi connectivity index (χ0n) is 6.15. The molecule has 0 spiro atoms. The molecule has 3 N–H and O–H groups in total. The summed E-state index contributed by atoms with van der Waals surface area (Å²) in [7, 11) is -4.30. The normalized spacial score (nSPS) is 14.4. The van der Waals surface area contributed by atoms with E-state index in [4.69, 9.17) is 10.3 Å². The van der Waals surface area contributed by atoms with Crippen LogP contribution in [0.5, 0.6) is 0 Å². The lowest BCUT2D eigenvalue weighted by Crippen LogP contribution is -2.35. The van der Waals surface area contributed by atoms with Crippen LogP contribution in [0.2, 0.25) is 0 Å². The molecule has 0 bridgehead atoms. The van der Waals surface area contributed by atoms with Crippen LogP contribution in [0.4, 0.5) is 0 Å². The van der Waals surface area contributed by atoms with E-state index in [1.165, 1.54) is 0 Å². The molecule has 0 aromatic heterocycles. The SMILES string of the molecule is CCCC(C(N)=O)S(=O)(=O)O. The number of hydrogen-bond acceptors (Lipinski definition) is 3. The molecule has 1 unspecified atom stereocenters. The van der Waals surface area contributed by atoms with Gasteiger partial charge in [0.05, 0.1) is 0 Å². The second-order valence-corrected chi connectivity index (χ2v) is 3.79. The Kier molecular flexibility index (Phi) is 3.47. The summed E-state index contributed by atoms with van der Waals surface area (Å²) in [6.07, 6.45) is 0.543. The van der Waals surface area contributed by atoms with Crippen LogP contribution in [-0.2, 0) is 14.9 Å². The van der Waals surface area contributed by atoms with E-state index < -0.39 is 21.3 Å². The van der Waals surface area contributed by atoms with Crippen LogP contribution < -0.4 is 5.73 Å². The van der Waals surface area contributed by atoms with Gasteiger partial charge in [-0.05, 0) is 6.42 Å². The van der Waals surface area contributed by atoms with Gasteiger partial charge in [-0.2, -0.15) is 8.42 Å². The first-order valence-corrected chi connectivity index (χ1v) is 4.65. The predicted molar refractivity (Wildman–Crippen MR) is 39.4 cm³/mol. The number of carbonyl (C=O) groups excluding carboxylic acids is 1. The molecule has 0 saturated carbocycles. The molecule has 0 saturated heterocycles. The quantitative estimate of drug-likeness (QED) is 0.573. The van der Waals surface area contributed by atoms with Gasteiger partial charge < -0.3 is 5.73 Å². The van der Waals surface area contributed by atoms with Crippen molar-refractivity contribution in [3.05, 3.63) is 0 Å². The second-order valence-electron chi connectivity index (χ2n) is 2.19. The van der Waals surface area contributed by atoms with Gasteiger partial charge in [-0.1, -0.05) is 13.3 Å². The Hall–Kier alpha value is -0.620. The maximum Gasteiger partial charge on any atom is 0.276 e. The van der Waals surface area contributed by atoms with Crippen molar-refractivity contribution in [2.24, 2.45) is 5.73 Å². The Bertz CT molecular complexity index is 233. The van der Waals surface area contributed by atoms with Crippen molar-refractivity contribution >= 4 is 16.0 Å². The van der Waals surface area contributed by atoms with Crippen molar-refractivity contribution in [1.29, 1.82) is 0 Å². The van der Waals surface area contributed by atoms with Gasteiger partial charge in [-0.15, -0.1) is 0 Å². The smallest absolute Gasteiger partial charge is 0.276 e. The molecule has 0 radical (unpaired) electrons. The molecular formula is C5H11NO4S. The van der Waals surface area contributed by atoms with Crippen LogP contribution >= 0.6 is 0 Å². The maximum atomic E-state index is 10.4. The Morgan fingerprint density at radius 2 is 2.09 bits per heavy atom. The average molecular weight is 181 g/mol. The molecule has 6 heteroatoms. The summed E-state index contributed by atoms with van der Waals surface area (Å²) in [6, 6.07) is 0.